The predicted molar refractivity (Wildman–Crippen MR) is 96.4 cm³/mol. The second kappa shape index (κ2) is 7.63. The monoisotopic (exact) mass is 329 g/mol. The average Bonchev–Trinajstić information content (AvgIpc) is 2.53. The van der Waals surface area contributed by atoms with Gasteiger partial charge in [-0.05, 0) is 27.2 Å². The molecule has 1 aliphatic rings. The number of fused-ring (bicyclic) bond motifs is 1. The zero-order chi connectivity index (χ0) is 17.7. The van der Waals surface area contributed by atoms with Gasteiger partial charge in [-0.3, -0.25) is 0 Å². The molecule has 6 heteroatoms. The van der Waals surface area contributed by atoms with Gasteiger partial charge in [0.25, 0.3) is 0 Å². The first kappa shape index (κ1) is 18.2. The number of aromatic nitrogens is 1. The number of hydrogen-bond acceptors (Lipinski definition) is 6. The Balaban J connectivity index is 2.39. The van der Waals surface area contributed by atoms with Crippen LogP contribution in [0.4, 0.5) is 11.5 Å². The van der Waals surface area contributed by atoms with Crippen molar-refractivity contribution in [2.45, 2.75) is 59.1 Å². The van der Waals surface area contributed by atoms with Crippen LogP contribution in [-0.4, -0.2) is 34.4 Å². The maximum Gasteiger partial charge on any atom is 0.166 e. The van der Waals surface area contributed by atoms with Crippen molar-refractivity contribution in [3.63, 3.8) is 0 Å². The van der Waals surface area contributed by atoms with E-state index in [4.69, 9.17) is 0 Å². The maximum atomic E-state index is 11.1. The maximum absolute atomic E-state index is 11.1. The Morgan fingerprint density at radius 2 is 2.08 bits per heavy atom. The molecule has 0 amide bonds. The number of anilines is 1. The lowest BCUT2D eigenvalue weighted by Gasteiger charge is -2.40. The van der Waals surface area contributed by atoms with Gasteiger partial charge in [-0.15, -0.1) is 0 Å². The fourth-order valence-corrected chi connectivity index (χ4v) is 3.15. The number of rotatable bonds is 7. The molecule has 0 fully saturated rings. The molecular formula is C18H27N5O. The van der Waals surface area contributed by atoms with Crippen molar-refractivity contribution in [3.05, 3.63) is 16.8 Å². The van der Waals surface area contributed by atoms with E-state index < -0.39 is 5.72 Å². The van der Waals surface area contributed by atoms with Crippen molar-refractivity contribution < 1.29 is 5.11 Å². The van der Waals surface area contributed by atoms with Crippen LogP contribution in [0.1, 0.15) is 63.3 Å². The summed E-state index contributed by atoms with van der Waals surface area (Å²) in [5, 5.41) is 23.8. The summed E-state index contributed by atoms with van der Waals surface area (Å²) in [4.78, 5) is 10.8. The lowest BCUT2D eigenvalue weighted by Crippen LogP contribution is -2.46. The predicted octanol–water partition coefficient (Wildman–Crippen LogP) is 3.41. The van der Waals surface area contributed by atoms with Gasteiger partial charge in [-0.25, -0.2) is 9.98 Å². The van der Waals surface area contributed by atoms with Crippen LogP contribution in [0.3, 0.4) is 0 Å². The summed E-state index contributed by atoms with van der Waals surface area (Å²) < 4.78 is 0. The molecule has 0 spiro atoms. The van der Waals surface area contributed by atoms with E-state index >= 15 is 0 Å². The summed E-state index contributed by atoms with van der Waals surface area (Å²) in [6.07, 6.45) is 6.15. The number of aliphatic hydroxyl groups is 1. The first-order valence-corrected chi connectivity index (χ1v) is 8.69. The molecule has 2 rings (SSSR count). The molecule has 1 atom stereocenters. The SMILES string of the molecule is CCCCCCN1C=Nc2c(C#N)c(NCC)nc(C)c2C1(C)O. The summed E-state index contributed by atoms with van der Waals surface area (Å²) in [5.41, 5.74) is 1.02. The van der Waals surface area contributed by atoms with E-state index in [0.717, 1.165) is 19.4 Å². The quantitative estimate of drug-likeness (QED) is 0.749. The smallest absolute Gasteiger partial charge is 0.166 e. The number of nitrogens with zero attached hydrogens (tertiary/aromatic N) is 4. The molecule has 2 heterocycles. The number of aliphatic imine (C=N–C) groups is 1. The fraction of sp³-hybridized carbons (Fsp3) is 0.611. The molecule has 0 radical (unpaired) electrons. The minimum Gasteiger partial charge on any atom is -0.369 e. The summed E-state index contributed by atoms with van der Waals surface area (Å²) in [5.74, 6) is 0.528. The molecule has 1 aromatic rings. The van der Waals surface area contributed by atoms with Gasteiger partial charge in [0.1, 0.15) is 17.5 Å². The minimum absolute atomic E-state index is 0.389. The molecule has 0 aliphatic carbocycles. The van der Waals surface area contributed by atoms with Crippen LogP contribution >= 0.6 is 0 Å². The molecule has 130 valence electrons. The van der Waals surface area contributed by atoms with Crippen molar-refractivity contribution in [2.24, 2.45) is 4.99 Å². The summed E-state index contributed by atoms with van der Waals surface area (Å²) >= 11 is 0. The summed E-state index contributed by atoms with van der Waals surface area (Å²) in [7, 11) is 0. The van der Waals surface area contributed by atoms with Gasteiger partial charge in [0.15, 0.2) is 5.72 Å². The van der Waals surface area contributed by atoms with Gasteiger partial charge >= 0.3 is 0 Å². The normalized spacial score (nSPS) is 19.1. The standard InChI is InChI=1S/C18H27N5O/c1-5-7-8-9-10-23-12-21-16-14(11-19)17(20-6-2)22-13(3)15(16)18(23,4)24/h12,24H,5-10H2,1-4H3,(H,20,22). The van der Waals surface area contributed by atoms with Crippen LogP contribution in [0.2, 0.25) is 0 Å². The van der Waals surface area contributed by atoms with E-state index in [9.17, 15) is 10.4 Å². The molecule has 1 aromatic heterocycles. The zero-order valence-electron chi connectivity index (χ0n) is 15.1. The van der Waals surface area contributed by atoms with E-state index in [1.54, 1.807) is 13.3 Å². The third kappa shape index (κ3) is 3.36. The van der Waals surface area contributed by atoms with Crippen molar-refractivity contribution in [3.8, 4) is 6.07 Å². The second-order valence-corrected chi connectivity index (χ2v) is 6.31. The number of nitrogens with one attached hydrogen (secondary N) is 1. The van der Waals surface area contributed by atoms with Crippen LogP contribution in [0.25, 0.3) is 0 Å². The number of pyridine rings is 1. The molecule has 6 nitrogen and oxygen atoms in total. The minimum atomic E-state index is -1.21. The van der Waals surface area contributed by atoms with Crippen LogP contribution in [0, 0.1) is 18.3 Å². The second-order valence-electron chi connectivity index (χ2n) is 6.31. The molecule has 0 saturated heterocycles. The average molecular weight is 329 g/mol. The van der Waals surface area contributed by atoms with Gasteiger partial charge in [-0.2, -0.15) is 5.26 Å². The largest absolute Gasteiger partial charge is 0.369 e. The van der Waals surface area contributed by atoms with Crippen LogP contribution in [0.5, 0.6) is 0 Å². The number of hydrogen-bond donors (Lipinski definition) is 2. The highest BCUT2D eigenvalue weighted by molar-refractivity contribution is 5.78. The van der Waals surface area contributed by atoms with Crippen molar-refractivity contribution in [2.75, 3.05) is 18.4 Å². The van der Waals surface area contributed by atoms with Crippen molar-refractivity contribution >= 4 is 17.8 Å². The fourth-order valence-electron chi connectivity index (χ4n) is 3.15. The lowest BCUT2D eigenvalue weighted by molar-refractivity contribution is -0.0593. The lowest BCUT2D eigenvalue weighted by atomic mass is 9.95. The van der Waals surface area contributed by atoms with Crippen LogP contribution in [-0.2, 0) is 5.72 Å². The topological polar surface area (TPSA) is 84.5 Å². The molecule has 2 N–H and O–H groups in total. The number of aryl methyl sites for hydroxylation is 1. The Morgan fingerprint density at radius 1 is 1.33 bits per heavy atom. The van der Waals surface area contributed by atoms with Gasteiger partial charge in [-0.1, -0.05) is 26.2 Å². The Hall–Kier alpha value is -2.13. The molecule has 0 bridgehead atoms. The first-order valence-electron chi connectivity index (χ1n) is 8.69. The van der Waals surface area contributed by atoms with Crippen molar-refractivity contribution in [1.82, 2.24) is 9.88 Å². The molecule has 1 aliphatic heterocycles. The highest BCUT2D eigenvalue weighted by Gasteiger charge is 2.38. The van der Waals surface area contributed by atoms with E-state index in [-0.39, 0.29) is 0 Å². The highest BCUT2D eigenvalue weighted by Crippen LogP contribution is 2.41. The first-order chi connectivity index (χ1) is 11.5. The van der Waals surface area contributed by atoms with E-state index in [0.29, 0.717) is 34.9 Å². The number of nitriles is 1. The van der Waals surface area contributed by atoms with Crippen molar-refractivity contribution in [1.29, 1.82) is 5.26 Å². The zero-order valence-corrected chi connectivity index (χ0v) is 15.1. The van der Waals surface area contributed by atoms with Gasteiger partial charge in [0.2, 0.25) is 0 Å². The highest BCUT2D eigenvalue weighted by atomic mass is 16.3. The van der Waals surface area contributed by atoms with Gasteiger partial charge in [0.05, 0.1) is 17.6 Å². The Bertz CT molecular complexity index is 660. The molecule has 0 aromatic carbocycles. The molecular weight excluding hydrogens is 302 g/mol. The summed E-state index contributed by atoms with van der Waals surface area (Å²) in [6, 6.07) is 2.18. The third-order valence-corrected chi connectivity index (χ3v) is 4.42. The number of unbranched alkanes of at least 4 members (excludes halogenated alkanes) is 3. The Kier molecular flexibility index (Phi) is 5.79. The molecule has 1 unspecified atom stereocenters. The van der Waals surface area contributed by atoms with Gasteiger partial charge < -0.3 is 15.3 Å². The van der Waals surface area contributed by atoms with Crippen LogP contribution < -0.4 is 5.32 Å². The van der Waals surface area contributed by atoms with E-state index in [2.05, 4.69) is 28.3 Å². The third-order valence-electron chi connectivity index (χ3n) is 4.42. The van der Waals surface area contributed by atoms with Crippen LogP contribution in [0.15, 0.2) is 4.99 Å². The Morgan fingerprint density at radius 3 is 2.71 bits per heavy atom. The molecule has 24 heavy (non-hydrogen) atoms. The van der Waals surface area contributed by atoms with E-state index in [1.807, 2.05) is 18.7 Å². The van der Waals surface area contributed by atoms with Gasteiger partial charge in [0, 0.05) is 18.8 Å². The Labute approximate surface area is 144 Å². The summed E-state index contributed by atoms with van der Waals surface area (Å²) in [6.45, 7) is 9.13. The molecule has 0 saturated carbocycles. The van der Waals surface area contributed by atoms with E-state index in [1.165, 1.54) is 12.8 Å².